The minimum Gasteiger partial charge on any atom is -0.339 e. The van der Waals surface area contributed by atoms with Gasteiger partial charge >= 0.3 is 0 Å². The molecule has 0 saturated heterocycles. The number of carbonyl (C=O) groups is 2. The van der Waals surface area contributed by atoms with Crippen LogP contribution in [0.15, 0.2) is 30.3 Å². The molecule has 0 radical (unpaired) electrons. The number of anilines is 1. The molecule has 0 aliphatic heterocycles. The van der Waals surface area contributed by atoms with Crippen molar-refractivity contribution in [3.8, 4) is 0 Å². The molecule has 0 spiro atoms. The fourth-order valence-electron chi connectivity index (χ4n) is 2.15. The fraction of sp³-hybridized carbons (Fsp3) is 0.500. The first-order valence-corrected chi connectivity index (χ1v) is 7.22. The number of rotatable bonds is 7. The van der Waals surface area contributed by atoms with Crippen LogP contribution < -0.4 is 5.32 Å². The Bertz CT molecular complexity index is 431. The molecule has 1 rings (SSSR count). The van der Waals surface area contributed by atoms with Crippen molar-refractivity contribution in [1.82, 2.24) is 4.90 Å². The number of nitrogens with one attached hydrogen (secondary N) is 1. The van der Waals surface area contributed by atoms with E-state index >= 15 is 0 Å². The SMILES string of the molecule is CCCN(C(=O)CC)[C@@H](C)CC(=O)Nc1ccccc1. The molecule has 1 atom stereocenters. The van der Waals surface area contributed by atoms with Crippen LogP contribution in [0.5, 0.6) is 0 Å². The second-order valence-electron chi connectivity index (χ2n) is 4.91. The molecule has 0 aliphatic rings. The van der Waals surface area contributed by atoms with Gasteiger partial charge in [-0.3, -0.25) is 9.59 Å². The van der Waals surface area contributed by atoms with Crippen molar-refractivity contribution >= 4 is 17.5 Å². The van der Waals surface area contributed by atoms with Crippen molar-refractivity contribution in [2.24, 2.45) is 0 Å². The van der Waals surface area contributed by atoms with E-state index in [9.17, 15) is 9.59 Å². The Morgan fingerprint density at radius 1 is 1.20 bits per heavy atom. The minimum atomic E-state index is -0.0777. The van der Waals surface area contributed by atoms with Crippen LogP contribution in [0.25, 0.3) is 0 Å². The molecule has 0 bridgehead atoms. The summed E-state index contributed by atoms with van der Waals surface area (Å²) < 4.78 is 0. The Labute approximate surface area is 121 Å². The molecule has 2 amide bonds. The van der Waals surface area contributed by atoms with Crippen molar-refractivity contribution < 1.29 is 9.59 Å². The molecule has 4 heteroatoms. The van der Waals surface area contributed by atoms with E-state index in [1.165, 1.54) is 0 Å². The van der Waals surface area contributed by atoms with Crippen LogP contribution in [0.2, 0.25) is 0 Å². The Morgan fingerprint density at radius 2 is 1.85 bits per heavy atom. The number of nitrogens with zero attached hydrogens (tertiary/aromatic N) is 1. The third-order valence-electron chi connectivity index (χ3n) is 3.16. The van der Waals surface area contributed by atoms with Crippen molar-refractivity contribution in [2.75, 3.05) is 11.9 Å². The maximum Gasteiger partial charge on any atom is 0.226 e. The molecule has 110 valence electrons. The van der Waals surface area contributed by atoms with E-state index in [0.29, 0.717) is 19.4 Å². The number of benzene rings is 1. The molecule has 20 heavy (non-hydrogen) atoms. The van der Waals surface area contributed by atoms with Gasteiger partial charge in [0.2, 0.25) is 11.8 Å². The normalized spacial score (nSPS) is 11.8. The topological polar surface area (TPSA) is 49.4 Å². The first-order valence-electron chi connectivity index (χ1n) is 7.22. The smallest absolute Gasteiger partial charge is 0.226 e. The highest BCUT2D eigenvalue weighted by Crippen LogP contribution is 2.10. The molecule has 0 unspecified atom stereocenters. The third kappa shape index (κ3) is 5.03. The van der Waals surface area contributed by atoms with Gasteiger partial charge in [0, 0.05) is 31.1 Å². The summed E-state index contributed by atoms with van der Waals surface area (Å²) in [5.41, 5.74) is 0.786. The molecule has 0 fully saturated rings. The van der Waals surface area contributed by atoms with E-state index in [1.54, 1.807) is 4.90 Å². The maximum absolute atomic E-state index is 12.0. The predicted octanol–water partition coefficient (Wildman–Crippen LogP) is 3.05. The lowest BCUT2D eigenvalue weighted by Crippen LogP contribution is -2.40. The summed E-state index contributed by atoms with van der Waals surface area (Å²) in [5.74, 6) is 0.0422. The van der Waals surface area contributed by atoms with Gasteiger partial charge in [-0.25, -0.2) is 0 Å². The molecular weight excluding hydrogens is 252 g/mol. The maximum atomic E-state index is 12.0. The fourth-order valence-corrected chi connectivity index (χ4v) is 2.15. The van der Waals surface area contributed by atoms with Crippen LogP contribution in [-0.4, -0.2) is 29.3 Å². The van der Waals surface area contributed by atoms with Crippen LogP contribution in [0.3, 0.4) is 0 Å². The monoisotopic (exact) mass is 276 g/mol. The van der Waals surface area contributed by atoms with E-state index in [4.69, 9.17) is 0 Å². The van der Waals surface area contributed by atoms with Crippen molar-refractivity contribution in [1.29, 1.82) is 0 Å². The standard InChI is InChI=1S/C16H24N2O2/c1-4-11-18(16(20)5-2)13(3)12-15(19)17-14-9-7-6-8-10-14/h6-10,13H,4-5,11-12H2,1-3H3,(H,17,19)/t13-/m0/s1. The molecule has 0 heterocycles. The molecular formula is C16H24N2O2. The number of hydrogen-bond acceptors (Lipinski definition) is 2. The van der Waals surface area contributed by atoms with E-state index in [-0.39, 0.29) is 17.9 Å². The summed E-state index contributed by atoms with van der Waals surface area (Å²) in [6.07, 6.45) is 1.70. The van der Waals surface area contributed by atoms with Gasteiger partial charge < -0.3 is 10.2 Å². The summed E-state index contributed by atoms with van der Waals surface area (Å²) in [7, 11) is 0. The summed E-state index contributed by atoms with van der Waals surface area (Å²) in [4.78, 5) is 25.7. The number of amides is 2. The highest BCUT2D eigenvalue weighted by atomic mass is 16.2. The van der Waals surface area contributed by atoms with Crippen LogP contribution in [-0.2, 0) is 9.59 Å². The van der Waals surface area contributed by atoms with Crippen molar-refractivity contribution in [3.05, 3.63) is 30.3 Å². The summed E-state index contributed by atoms with van der Waals surface area (Å²) in [5, 5.41) is 2.85. The van der Waals surface area contributed by atoms with E-state index in [1.807, 2.05) is 51.1 Å². The zero-order valence-corrected chi connectivity index (χ0v) is 12.6. The minimum absolute atomic E-state index is 0.0614. The first-order chi connectivity index (χ1) is 9.58. The predicted molar refractivity (Wildman–Crippen MR) is 81.4 cm³/mol. The molecule has 4 nitrogen and oxygen atoms in total. The summed E-state index contributed by atoms with van der Waals surface area (Å²) in [6, 6.07) is 9.28. The molecule has 0 aromatic heterocycles. The second-order valence-corrected chi connectivity index (χ2v) is 4.91. The van der Waals surface area contributed by atoms with E-state index in [0.717, 1.165) is 12.1 Å². The number of carbonyl (C=O) groups excluding carboxylic acids is 2. The van der Waals surface area contributed by atoms with Crippen molar-refractivity contribution in [3.63, 3.8) is 0 Å². The quantitative estimate of drug-likeness (QED) is 0.832. The van der Waals surface area contributed by atoms with Gasteiger partial charge in [0.25, 0.3) is 0 Å². The van der Waals surface area contributed by atoms with Crippen molar-refractivity contribution in [2.45, 2.75) is 46.1 Å². The molecule has 1 aromatic carbocycles. The Hall–Kier alpha value is -1.84. The van der Waals surface area contributed by atoms with Crippen LogP contribution >= 0.6 is 0 Å². The second kappa shape index (κ2) is 8.35. The van der Waals surface area contributed by atoms with Gasteiger partial charge in [-0.2, -0.15) is 0 Å². The highest BCUT2D eigenvalue weighted by molar-refractivity contribution is 5.91. The van der Waals surface area contributed by atoms with Crippen LogP contribution in [0, 0.1) is 0 Å². The average Bonchev–Trinajstić information content (AvgIpc) is 2.44. The lowest BCUT2D eigenvalue weighted by molar-refractivity contribution is -0.133. The van der Waals surface area contributed by atoms with Gasteiger partial charge in [-0.15, -0.1) is 0 Å². The lowest BCUT2D eigenvalue weighted by Gasteiger charge is -2.28. The Kier molecular flexibility index (Phi) is 6.77. The van der Waals surface area contributed by atoms with Gasteiger partial charge in [-0.1, -0.05) is 32.0 Å². The summed E-state index contributed by atoms with van der Waals surface area (Å²) in [6.45, 7) is 6.51. The molecule has 0 saturated carbocycles. The lowest BCUT2D eigenvalue weighted by atomic mass is 10.1. The van der Waals surface area contributed by atoms with Crippen LogP contribution in [0.1, 0.15) is 40.0 Å². The third-order valence-corrected chi connectivity index (χ3v) is 3.16. The number of para-hydroxylation sites is 1. The molecule has 0 aliphatic carbocycles. The number of hydrogen-bond donors (Lipinski definition) is 1. The first kappa shape index (κ1) is 16.2. The van der Waals surface area contributed by atoms with Gasteiger partial charge in [0.05, 0.1) is 0 Å². The van der Waals surface area contributed by atoms with E-state index < -0.39 is 0 Å². The summed E-state index contributed by atoms with van der Waals surface area (Å²) >= 11 is 0. The highest BCUT2D eigenvalue weighted by Gasteiger charge is 2.20. The molecule has 1 aromatic rings. The average molecular weight is 276 g/mol. The Balaban J connectivity index is 2.56. The van der Waals surface area contributed by atoms with E-state index in [2.05, 4.69) is 5.32 Å². The largest absolute Gasteiger partial charge is 0.339 e. The molecule has 1 N–H and O–H groups in total. The van der Waals surface area contributed by atoms with Crippen LogP contribution in [0.4, 0.5) is 5.69 Å². The zero-order chi connectivity index (χ0) is 15.0. The Morgan fingerprint density at radius 3 is 2.40 bits per heavy atom. The van der Waals surface area contributed by atoms with Gasteiger partial charge in [0.15, 0.2) is 0 Å². The van der Waals surface area contributed by atoms with Gasteiger partial charge in [-0.05, 0) is 25.5 Å². The van der Waals surface area contributed by atoms with Gasteiger partial charge in [0.1, 0.15) is 0 Å². The zero-order valence-electron chi connectivity index (χ0n) is 12.6.